The molecule has 0 aliphatic rings. The smallest absolute Gasteiger partial charge is 0.334 e. The highest BCUT2D eigenvalue weighted by Crippen LogP contribution is 1.80. The van der Waals surface area contributed by atoms with Gasteiger partial charge in [-0.05, 0) is 20.0 Å². The van der Waals surface area contributed by atoms with E-state index in [0.717, 1.165) is 13.0 Å². The van der Waals surface area contributed by atoms with E-state index in [9.17, 15) is 9.59 Å². The molecule has 0 saturated carbocycles. The zero-order valence-corrected chi connectivity index (χ0v) is 8.62. The Labute approximate surface area is 87.9 Å². The van der Waals surface area contributed by atoms with E-state index in [1.165, 1.54) is 0 Å². The molecule has 0 aromatic carbocycles. The second kappa shape index (κ2) is 8.01. The monoisotopic (exact) mass is 219 g/mol. The lowest BCUT2D eigenvalue weighted by Gasteiger charge is -2.09. The van der Waals surface area contributed by atoms with E-state index in [0.29, 0.717) is 6.54 Å². The maximum Gasteiger partial charge on any atom is 0.334 e. The van der Waals surface area contributed by atoms with Crippen molar-refractivity contribution in [3.8, 4) is 0 Å². The molecule has 0 radical (unpaired) electrons. The van der Waals surface area contributed by atoms with Crippen LogP contribution >= 0.6 is 0 Å². The Morgan fingerprint density at radius 2 is 1.93 bits per heavy atom. The third-order valence-corrected chi connectivity index (χ3v) is 1.63. The van der Waals surface area contributed by atoms with Crippen LogP contribution < -0.4 is 16.0 Å². The van der Waals surface area contributed by atoms with Crippen LogP contribution in [0.3, 0.4) is 0 Å². The Balaban J connectivity index is 3.45. The predicted molar refractivity (Wildman–Crippen MR) is 53.6 cm³/mol. The summed E-state index contributed by atoms with van der Waals surface area (Å²) in [6.45, 7) is 0.987. The van der Waals surface area contributed by atoms with E-state index in [-0.39, 0.29) is 6.54 Å². The first-order valence-electron chi connectivity index (χ1n) is 4.65. The summed E-state index contributed by atoms with van der Waals surface area (Å²) in [6, 6.07) is -0.480. The van der Waals surface area contributed by atoms with Crippen molar-refractivity contribution >= 4 is 12.0 Å². The lowest BCUT2D eigenvalue weighted by Crippen LogP contribution is -2.42. The predicted octanol–water partition coefficient (Wildman–Crippen LogP) is -1.66. The van der Waals surface area contributed by atoms with Crippen LogP contribution in [0, 0.1) is 0 Å². The molecule has 0 aliphatic carbocycles. The highest BCUT2D eigenvalue weighted by atomic mass is 16.4. The normalized spacial score (nSPS) is 11.9. The van der Waals surface area contributed by atoms with Crippen molar-refractivity contribution in [2.75, 3.05) is 26.7 Å². The fraction of sp³-hybridized carbons (Fsp3) is 0.750. The molecule has 0 aromatic rings. The summed E-state index contributed by atoms with van der Waals surface area (Å²) >= 11 is 0. The molecule has 7 heteroatoms. The molecule has 0 aromatic heterocycles. The summed E-state index contributed by atoms with van der Waals surface area (Å²) in [4.78, 5) is 21.2. The number of aliphatic hydroxyl groups is 1. The Morgan fingerprint density at radius 1 is 1.27 bits per heavy atom. The number of urea groups is 1. The number of carboxylic acid groups (broad SMARTS) is 1. The minimum atomic E-state index is -1.56. The van der Waals surface area contributed by atoms with Crippen LogP contribution in [0.1, 0.15) is 6.42 Å². The van der Waals surface area contributed by atoms with E-state index in [2.05, 4.69) is 16.0 Å². The summed E-state index contributed by atoms with van der Waals surface area (Å²) in [5.74, 6) is -1.36. The maximum absolute atomic E-state index is 11.0. The molecule has 0 saturated heterocycles. The number of nitrogens with one attached hydrogen (secondary N) is 3. The van der Waals surface area contributed by atoms with Crippen molar-refractivity contribution in [1.29, 1.82) is 0 Å². The van der Waals surface area contributed by atoms with E-state index in [1.54, 1.807) is 0 Å². The van der Waals surface area contributed by atoms with Crippen molar-refractivity contribution in [3.05, 3.63) is 0 Å². The molecule has 0 aliphatic heterocycles. The quantitative estimate of drug-likeness (QED) is 0.329. The topological polar surface area (TPSA) is 111 Å². The van der Waals surface area contributed by atoms with Crippen molar-refractivity contribution in [2.24, 2.45) is 0 Å². The number of aliphatic hydroxyl groups excluding tert-OH is 1. The molecule has 0 heterocycles. The summed E-state index contributed by atoms with van der Waals surface area (Å²) in [5, 5.41) is 24.8. The highest BCUT2D eigenvalue weighted by Gasteiger charge is 2.13. The van der Waals surface area contributed by atoms with Gasteiger partial charge in [0.1, 0.15) is 0 Å². The zero-order valence-electron chi connectivity index (χ0n) is 8.62. The summed E-state index contributed by atoms with van der Waals surface area (Å²) < 4.78 is 0. The minimum absolute atomic E-state index is 0.298. The molecule has 0 fully saturated rings. The third-order valence-electron chi connectivity index (χ3n) is 1.63. The molecule has 0 bridgehead atoms. The van der Waals surface area contributed by atoms with Gasteiger partial charge in [0.05, 0.1) is 6.54 Å². The number of aliphatic carboxylic acids is 1. The van der Waals surface area contributed by atoms with Crippen LogP contribution in [0.5, 0.6) is 0 Å². The molecule has 1 unspecified atom stereocenters. The first-order valence-corrected chi connectivity index (χ1v) is 4.65. The zero-order chi connectivity index (χ0) is 11.7. The fourth-order valence-electron chi connectivity index (χ4n) is 0.806. The Morgan fingerprint density at radius 3 is 2.47 bits per heavy atom. The maximum atomic E-state index is 11.0. The van der Waals surface area contributed by atoms with Gasteiger partial charge in [0.25, 0.3) is 0 Å². The van der Waals surface area contributed by atoms with Crippen LogP contribution in [-0.2, 0) is 4.79 Å². The number of carbonyl (C=O) groups is 2. The molecular weight excluding hydrogens is 202 g/mol. The molecule has 2 amide bonds. The van der Waals surface area contributed by atoms with Gasteiger partial charge in [-0.3, -0.25) is 0 Å². The van der Waals surface area contributed by atoms with Crippen molar-refractivity contribution in [2.45, 2.75) is 12.5 Å². The van der Waals surface area contributed by atoms with E-state index in [1.807, 2.05) is 7.05 Å². The van der Waals surface area contributed by atoms with Gasteiger partial charge < -0.3 is 26.2 Å². The molecule has 88 valence electrons. The second-order valence-corrected chi connectivity index (χ2v) is 2.95. The summed E-state index contributed by atoms with van der Waals surface area (Å²) in [6.07, 6.45) is -0.779. The van der Waals surface area contributed by atoms with E-state index >= 15 is 0 Å². The van der Waals surface area contributed by atoms with Crippen LogP contribution in [0.15, 0.2) is 0 Å². The number of amides is 2. The number of hydrogen-bond donors (Lipinski definition) is 5. The fourth-order valence-corrected chi connectivity index (χ4v) is 0.806. The molecule has 15 heavy (non-hydrogen) atoms. The summed E-state index contributed by atoms with van der Waals surface area (Å²) in [5.41, 5.74) is 0. The lowest BCUT2D eigenvalue weighted by molar-refractivity contribution is -0.146. The largest absolute Gasteiger partial charge is 0.479 e. The van der Waals surface area contributed by atoms with Crippen LogP contribution in [0.25, 0.3) is 0 Å². The van der Waals surface area contributed by atoms with Crippen LogP contribution in [0.2, 0.25) is 0 Å². The van der Waals surface area contributed by atoms with Crippen LogP contribution in [0.4, 0.5) is 4.79 Å². The Hall–Kier alpha value is -1.34. The average Bonchev–Trinajstić information content (AvgIpc) is 2.20. The average molecular weight is 219 g/mol. The first kappa shape index (κ1) is 13.7. The van der Waals surface area contributed by atoms with Gasteiger partial charge in [-0.2, -0.15) is 0 Å². The Bertz CT molecular complexity index is 210. The van der Waals surface area contributed by atoms with E-state index < -0.39 is 18.1 Å². The minimum Gasteiger partial charge on any atom is -0.479 e. The van der Waals surface area contributed by atoms with Gasteiger partial charge in [-0.15, -0.1) is 0 Å². The molecule has 0 spiro atoms. The van der Waals surface area contributed by atoms with Crippen LogP contribution in [-0.4, -0.2) is 55.0 Å². The first-order chi connectivity index (χ1) is 7.07. The van der Waals surface area contributed by atoms with Gasteiger partial charge >= 0.3 is 12.0 Å². The molecule has 0 rings (SSSR count). The van der Waals surface area contributed by atoms with Gasteiger partial charge in [-0.1, -0.05) is 0 Å². The lowest BCUT2D eigenvalue weighted by atomic mass is 10.3. The van der Waals surface area contributed by atoms with Gasteiger partial charge in [0.2, 0.25) is 0 Å². The summed E-state index contributed by atoms with van der Waals surface area (Å²) in [7, 11) is 1.81. The van der Waals surface area contributed by atoms with Gasteiger partial charge in [0.15, 0.2) is 6.10 Å². The van der Waals surface area contributed by atoms with Crippen molar-refractivity contribution in [3.63, 3.8) is 0 Å². The SMILES string of the molecule is CNCCCNC(=O)NCC(O)C(=O)O. The molecule has 1 atom stereocenters. The van der Waals surface area contributed by atoms with E-state index in [4.69, 9.17) is 10.2 Å². The highest BCUT2D eigenvalue weighted by molar-refractivity contribution is 5.76. The molecule has 5 N–H and O–H groups in total. The second-order valence-electron chi connectivity index (χ2n) is 2.95. The van der Waals surface area contributed by atoms with Crippen molar-refractivity contribution < 1.29 is 19.8 Å². The third kappa shape index (κ3) is 7.71. The molecular formula is C8H17N3O4. The number of hydrogen-bond acceptors (Lipinski definition) is 4. The number of carbonyl (C=O) groups excluding carboxylic acids is 1. The van der Waals surface area contributed by atoms with Gasteiger partial charge in [0, 0.05) is 6.54 Å². The van der Waals surface area contributed by atoms with Gasteiger partial charge in [-0.25, -0.2) is 9.59 Å². The molecule has 7 nitrogen and oxygen atoms in total. The standard InChI is InChI=1S/C8H17N3O4/c1-9-3-2-4-10-8(15)11-5-6(12)7(13)14/h6,9,12H,2-5H2,1H3,(H,13,14)(H2,10,11,15). The number of rotatable bonds is 7. The Kier molecular flexibility index (Phi) is 7.29. The number of carboxylic acids is 1. The van der Waals surface area contributed by atoms with Crippen molar-refractivity contribution in [1.82, 2.24) is 16.0 Å².